The Labute approximate surface area is 66.9 Å². The number of aliphatic imine (C=N–C) groups is 2. The largest absolute Gasteiger partial charge is 0.329 e. The highest BCUT2D eigenvalue weighted by atomic mass is 15.1. The predicted molar refractivity (Wildman–Crippen MR) is 48.6 cm³/mol. The lowest BCUT2D eigenvalue weighted by Crippen LogP contribution is -2.18. The second-order valence-corrected chi connectivity index (χ2v) is 1.91. The van der Waals surface area contributed by atoms with Gasteiger partial charge in [-0.15, -0.1) is 6.42 Å². The smallest absolute Gasteiger partial charge is 0.222 e. The van der Waals surface area contributed by atoms with Gasteiger partial charge < -0.3 is 5.32 Å². The van der Waals surface area contributed by atoms with E-state index < -0.39 is 0 Å². The molecular formula is C8H11N3. The van der Waals surface area contributed by atoms with Crippen molar-refractivity contribution >= 4 is 12.7 Å². The molecular weight excluding hydrogens is 138 g/mol. The summed E-state index contributed by atoms with van der Waals surface area (Å²) in [5.74, 6) is 2.77. The Bertz CT molecular complexity index is 220. The van der Waals surface area contributed by atoms with Gasteiger partial charge in [0.2, 0.25) is 5.96 Å². The summed E-state index contributed by atoms with van der Waals surface area (Å²) in [6.07, 6.45) is 4.99. The van der Waals surface area contributed by atoms with Gasteiger partial charge in [0.15, 0.2) is 0 Å². The lowest BCUT2D eigenvalue weighted by atomic mass is 10.6. The predicted octanol–water partition coefficient (Wildman–Crippen LogP) is 0.799. The number of hydrogen-bond donors (Lipinski definition) is 1. The number of hydrogen-bond acceptors (Lipinski definition) is 1. The molecule has 0 rings (SSSR count). The summed E-state index contributed by atoms with van der Waals surface area (Å²) in [6, 6.07) is 0. The normalized spacial score (nSPS) is 10.0. The average Bonchev–Trinajstić information content (AvgIpc) is 1.97. The SMILES string of the molecule is C#CCN=C(N=C)NC(=C)C. The molecule has 1 N–H and O–H groups in total. The van der Waals surface area contributed by atoms with Crippen molar-refractivity contribution in [2.24, 2.45) is 9.98 Å². The van der Waals surface area contributed by atoms with Crippen LogP contribution in [0.2, 0.25) is 0 Å². The summed E-state index contributed by atoms with van der Waals surface area (Å²) in [6.45, 7) is 9.04. The van der Waals surface area contributed by atoms with Crippen molar-refractivity contribution in [3.63, 3.8) is 0 Å². The zero-order valence-electron chi connectivity index (χ0n) is 6.59. The van der Waals surface area contributed by atoms with Crippen molar-refractivity contribution in [1.82, 2.24) is 5.32 Å². The Hall–Kier alpha value is -1.56. The molecule has 11 heavy (non-hydrogen) atoms. The molecule has 0 bridgehead atoms. The van der Waals surface area contributed by atoms with Crippen LogP contribution in [0.5, 0.6) is 0 Å². The highest BCUT2D eigenvalue weighted by Crippen LogP contribution is 1.82. The van der Waals surface area contributed by atoms with Gasteiger partial charge >= 0.3 is 0 Å². The molecule has 0 heterocycles. The molecule has 0 aliphatic carbocycles. The topological polar surface area (TPSA) is 36.8 Å². The Balaban J connectivity index is 4.07. The third-order valence-electron chi connectivity index (χ3n) is 0.795. The van der Waals surface area contributed by atoms with Gasteiger partial charge in [-0.25, -0.2) is 9.98 Å². The minimum atomic E-state index is 0.300. The van der Waals surface area contributed by atoms with Gasteiger partial charge in [-0.3, -0.25) is 0 Å². The number of terminal acetylenes is 1. The van der Waals surface area contributed by atoms with Crippen LogP contribution in [0, 0.1) is 12.3 Å². The monoisotopic (exact) mass is 149 g/mol. The lowest BCUT2D eigenvalue weighted by molar-refractivity contribution is 1.08. The van der Waals surface area contributed by atoms with Gasteiger partial charge in [0, 0.05) is 5.70 Å². The molecule has 0 saturated heterocycles. The lowest BCUT2D eigenvalue weighted by Gasteiger charge is -2.01. The third-order valence-corrected chi connectivity index (χ3v) is 0.795. The van der Waals surface area contributed by atoms with Crippen molar-refractivity contribution in [1.29, 1.82) is 0 Å². The molecule has 0 fully saturated rings. The Morgan fingerprint density at radius 1 is 1.73 bits per heavy atom. The molecule has 0 aromatic rings. The molecule has 0 aliphatic rings. The van der Waals surface area contributed by atoms with E-state index in [1.54, 1.807) is 6.92 Å². The van der Waals surface area contributed by atoms with Gasteiger partial charge in [-0.05, 0) is 13.6 Å². The highest BCUT2D eigenvalue weighted by molar-refractivity contribution is 5.85. The second kappa shape index (κ2) is 5.24. The maximum Gasteiger partial charge on any atom is 0.222 e. The van der Waals surface area contributed by atoms with Gasteiger partial charge in [0.05, 0.1) is 0 Å². The second-order valence-electron chi connectivity index (χ2n) is 1.91. The minimum Gasteiger partial charge on any atom is -0.329 e. The van der Waals surface area contributed by atoms with Crippen molar-refractivity contribution in [2.75, 3.05) is 6.54 Å². The van der Waals surface area contributed by atoms with Crippen molar-refractivity contribution in [3.8, 4) is 12.3 Å². The highest BCUT2D eigenvalue weighted by Gasteiger charge is 1.90. The molecule has 3 heteroatoms. The van der Waals surface area contributed by atoms with Gasteiger partial charge in [0.25, 0.3) is 0 Å². The molecule has 0 amide bonds. The quantitative estimate of drug-likeness (QED) is 0.352. The molecule has 3 nitrogen and oxygen atoms in total. The van der Waals surface area contributed by atoms with Crippen molar-refractivity contribution < 1.29 is 0 Å². The fourth-order valence-electron chi connectivity index (χ4n) is 0.440. The standard InChI is InChI=1S/C8H11N3/c1-5-6-10-8(9-4)11-7(2)3/h1H,2,4,6H2,3H3,(H,10,11). The van der Waals surface area contributed by atoms with Crippen LogP contribution >= 0.6 is 0 Å². The van der Waals surface area contributed by atoms with E-state index in [4.69, 9.17) is 6.42 Å². The molecule has 0 aromatic carbocycles. The van der Waals surface area contributed by atoms with Crippen LogP contribution in [0.15, 0.2) is 22.3 Å². The summed E-state index contributed by atoms with van der Waals surface area (Å²) in [4.78, 5) is 7.48. The summed E-state index contributed by atoms with van der Waals surface area (Å²) in [5, 5.41) is 2.80. The minimum absolute atomic E-state index is 0.300. The van der Waals surface area contributed by atoms with Crippen LogP contribution in [-0.2, 0) is 0 Å². The first-order chi connectivity index (χ1) is 5.20. The summed E-state index contributed by atoms with van der Waals surface area (Å²) < 4.78 is 0. The summed E-state index contributed by atoms with van der Waals surface area (Å²) >= 11 is 0. The first-order valence-corrected chi connectivity index (χ1v) is 3.08. The fourth-order valence-corrected chi connectivity index (χ4v) is 0.440. The van der Waals surface area contributed by atoms with Crippen molar-refractivity contribution in [2.45, 2.75) is 6.92 Å². The Morgan fingerprint density at radius 2 is 2.36 bits per heavy atom. The number of allylic oxidation sites excluding steroid dienone is 1. The van der Waals surface area contributed by atoms with Crippen LogP contribution in [0.25, 0.3) is 0 Å². The number of guanidine groups is 1. The van der Waals surface area contributed by atoms with E-state index in [1.165, 1.54) is 0 Å². The van der Waals surface area contributed by atoms with Gasteiger partial charge in [-0.1, -0.05) is 12.5 Å². The molecule has 0 radical (unpaired) electrons. The number of rotatable bonds is 2. The molecule has 0 atom stereocenters. The van der Waals surface area contributed by atoms with Crippen LogP contribution in [0.4, 0.5) is 0 Å². The number of nitrogens with zero attached hydrogens (tertiary/aromatic N) is 2. The maximum absolute atomic E-state index is 4.99. The Morgan fingerprint density at radius 3 is 2.73 bits per heavy atom. The zero-order chi connectivity index (χ0) is 8.69. The molecule has 0 unspecified atom stereocenters. The van der Waals surface area contributed by atoms with E-state index in [0.717, 1.165) is 5.70 Å². The Kier molecular flexibility index (Phi) is 4.50. The van der Waals surface area contributed by atoms with E-state index in [-0.39, 0.29) is 0 Å². The van der Waals surface area contributed by atoms with E-state index >= 15 is 0 Å². The molecule has 0 aliphatic heterocycles. The third kappa shape index (κ3) is 4.91. The van der Waals surface area contributed by atoms with Crippen LogP contribution in [-0.4, -0.2) is 19.2 Å². The van der Waals surface area contributed by atoms with Crippen molar-refractivity contribution in [3.05, 3.63) is 12.3 Å². The molecule has 58 valence electrons. The first-order valence-electron chi connectivity index (χ1n) is 3.08. The number of nitrogens with one attached hydrogen (secondary N) is 1. The van der Waals surface area contributed by atoms with Gasteiger partial charge in [-0.2, -0.15) is 0 Å². The van der Waals surface area contributed by atoms with E-state index in [9.17, 15) is 0 Å². The fraction of sp³-hybridized carbons (Fsp3) is 0.250. The van der Waals surface area contributed by atoms with Crippen LogP contribution < -0.4 is 5.32 Å². The molecule has 0 saturated carbocycles. The average molecular weight is 149 g/mol. The maximum atomic E-state index is 4.99. The zero-order valence-corrected chi connectivity index (χ0v) is 6.59. The molecule has 0 spiro atoms. The molecule has 0 aromatic heterocycles. The summed E-state index contributed by atoms with van der Waals surface area (Å²) in [7, 11) is 0. The first kappa shape index (κ1) is 9.44. The van der Waals surface area contributed by atoms with E-state index in [0.29, 0.717) is 12.5 Å². The van der Waals surface area contributed by atoms with Crippen LogP contribution in [0.3, 0.4) is 0 Å². The van der Waals surface area contributed by atoms with Crippen LogP contribution in [0.1, 0.15) is 6.92 Å². The van der Waals surface area contributed by atoms with E-state index in [2.05, 4.69) is 34.5 Å². The van der Waals surface area contributed by atoms with E-state index in [1.807, 2.05) is 0 Å². The summed E-state index contributed by atoms with van der Waals surface area (Å²) in [5.41, 5.74) is 0.758. The van der Waals surface area contributed by atoms with Gasteiger partial charge in [0.1, 0.15) is 6.54 Å².